The van der Waals surface area contributed by atoms with Gasteiger partial charge in [-0.1, -0.05) is 18.2 Å². The third-order valence-electron chi connectivity index (χ3n) is 1.72. The quantitative estimate of drug-likeness (QED) is 0.357. The molecule has 0 amide bonds. The Morgan fingerprint density at radius 3 is 2.62 bits per heavy atom. The maximum Gasteiger partial charge on any atom is 0.376 e. The molecule has 0 aromatic heterocycles. The zero-order valence-corrected chi connectivity index (χ0v) is 7.99. The Morgan fingerprint density at radius 1 is 1.38 bits per heavy atom. The van der Waals surface area contributed by atoms with Crippen molar-refractivity contribution in [2.75, 3.05) is 0 Å². The molecule has 0 bridgehead atoms. The van der Waals surface area contributed by atoms with Crippen LogP contribution in [0.3, 0.4) is 0 Å². The Bertz CT molecular complexity index is 478. The van der Waals surface area contributed by atoms with Crippen molar-refractivity contribution in [1.82, 2.24) is 0 Å². The molecule has 16 heavy (non-hydrogen) atoms. The second kappa shape index (κ2) is 4.83. The van der Waals surface area contributed by atoms with Gasteiger partial charge in [0.05, 0.1) is 4.92 Å². The molecule has 0 aliphatic heterocycles. The van der Waals surface area contributed by atoms with Crippen LogP contribution in [0.25, 0.3) is 6.08 Å². The minimum Gasteiger partial charge on any atom is -0.475 e. The molecular formula is C10H7NO5. The highest BCUT2D eigenvalue weighted by Crippen LogP contribution is 2.13. The maximum atomic E-state index is 10.7. The number of nitro groups is 1. The summed E-state index contributed by atoms with van der Waals surface area (Å²) in [6.45, 7) is 0. The second-order valence-electron chi connectivity index (χ2n) is 2.85. The first kappa shape index (κ1) is 11.6. The van der Waals surface area contributed by atoms with Crippen LogP contribution in [0, 0.1) is 10.1 Å². The molecule has 6 nitrogen and oxygen atoms in total. The van der Waals surface area contributed by atoms with Crippen molar-refractivity contribution in [3.63, 3.8) is 0 Å². The second-order valence-corrected chi connectivity index (χ2v) is 2.85. The van der Waals surface area contributed by atoms with E-state index < -0.39 is 16.7 Å². The molecule has 1 N–H and O–H groups in total. The number of non-ortho nitro benzene ring substituents is 1. The maximum absolute atomic E-state index is 10.7. The summed E-state index contributed by atoms with van der Waals surface area (Å²) in [5.41, 5.74) is 0.272. The van der Waals surface area contributed by atoms with E-state index in [0.29, 0.717) is 5.56 Å². The van der Waals surface area contributed by atoms with Gasteiger partial charge in [-0.2, -0.15) is 0 Å². The summed E-state index contributed by atoms with van der Waals surface area (Å²) in [7, 11) is 0. The summed E-state index contributed by atoms with van der Waals surface area (Å²) in [4.78, 5) is 30.7. The first-order valence-electron chi connectivity index (χ1n) is 4.20. The van der Waals surface area contributed by atoms with E-state index in [9.17, 15) is 19.7 Å². The Balaban J connectivity index is 2.90. The fourth-order valence-electron chi connectivity index (χ4n) is 0.985. The van der Waals surface area contributed by atoms with Crippen LogP contribution >= 0.6 is 0 Å². The van der Waals surface area contributed by atoms with E-state index in [1.165, 1.54) is 30.3 Å². The lowest BCUT2D eigenvalue weighted by molar-refractivity contribution is -0.384. The van der Waals surface area contributed by atoms with Gasteiger partial charge < -0.3 is 5.11 Å². The molecule has 0 saturated carbocycles. The first-order valence-corrected chi connectivity index (χ1v) is 4.20. The molecule has 0 unspecified atom stereocenters. The molecule has 0 aliphatic carbocycles. The molecule has 0 heterocycles. The smallest absolute Gasteiger partial charge is 0.376 e. The summed E-state index contributed by atoms with van der Waals surface area (Å²) in [6, 6.07) is 5.52. The number of hydrogen-bond acceptors (Lipinski definition) is 4. The van der Waals surface area contributed by atoms with Gasteiger partial charge in [0.15, 0.2) is 0 Å². The van der Waals surface area contributed by atoms with Crippen molar-refractivity contribution in [2.45, 2.75) is 0 Å². The number of carboxylic acids is 1. The van der Waals surface area contributed by atoms with Gasteiger partial charge in [-0.05, 0) is 11.6 Å². The number of nitrogens with zero attached hydrogens (tertiary/aromatic N) is 1. The Kier molecular flexibility index (Phi) is 3.49. The van der Waals surface area contributed by atoms with E-state index >= 15 is 0 Å². The van der Waals surface area contributed by atoms with Crippen LogP contribution in [-0.2, 0) is 9.59 Å². The molecule has 82 valence electrons. The van der Waals surface area contributed by atoms with Gasteiger partial charge in [0.25, 0.3) is 11.5 Å². The van der Waals surface area contributed by atoms with Crippen molar-refractivity contribution in [2.24, 2.45) is 0 Å². The molecule has 0 radical (unpaired) electrons. The van der Waals surface area contributed by atoms with Gasteiger partial charge in [0.1, 0.15) is 0 Å². The highest BCUT2D eigenvalue weighted by molar-refractivity contribution is 6.38. The number of hydrogen-bond donors (Lipinski definition) is 1. The SMILES string of the molecule is O=C(O)C(=O)/C=C/c1cccc([N+](=O)[O-])c1. The molecule has 0 saturated heterocycles. The van der Waals surface area contributed by atoms with Crippen molar-refractivity contribution >= 4 is 23.5 Å². The average Bonchev–Trinajstić information content (AvgIpc) is 2.26. The minimum atomic E-state index is -1.57. The van der Waals surface area contributed by atoms with Crippen LogP contribution in [0.5, 0.6) is 0 Å². The van der Waals surface area contributed by atoms with E-state index in [0.717, 1.165) is 6.08 Å². The molecule has 1 aromatic rings. The van der Waals surface area contributed by atoms with E-state index in [-0.39, 0.29) is 5.69 Å². The van der Waals surface area contributed by atoms with Gasteiger partial charge in [-0.3, -0.25) is 14.9 Å². The normalized spacial score (nSPS) is 10.2. The number of carbonyl (C=O) groups excluding carboxylic acids is 1. The topological polar surface area (TPSA) is 97.5 Å². The minimum absolute atomic E-state index is 0.120. The van der Waals surface area contributed by atoms with Crippen LogP contribution in [0.15, 0.2) is 30.3 Å². The summed E-state index contributed by atoms with van der Waals surface area (Å²) >= 11 is 0. The highest BCUT2D eigenvalue weighted by atomic mass is 16.6. The van der Waals surface area contributed by atoms with Crippen molar-refractivity contribution in [3.05, 3.63) is 46.0 Å². The number of aliphatic carboxylic acids is 1. The summed E-state index contributed by atoms with van der Waals surface area (Å²) in [6.07, 6.45) is 2.06. The Hall–Kier alpha value is -2.50. The predicted octanol–water partition coefficient (Wildman–Crippen LogP) is 1.26. The average molecular weight is 221 g/mol. The summed E-state index contributed by atoms with van der Waals surface area (Å²) in [5, 5.41) is 18.7. The van der Waals surface area contributed by atoms with E-state index in [4.69, 9.17) is 5.11 Å². The van der Waals surface area contributed by atoms with Crippen LogP contribution in [-0.4, -0.2) is 21.8 Å². The largest absolute Gasteiger partial charge is 0.475 e. The lowest BCUT2D eigenvalue weighted by atomic mass is 10.2. The third kappa shape index (κ3) is 3.02. The zero-order valence-electron chi connectivity index (χ0n) is 7.99. The number of nitro benzene ring substituents is 1. The van der Waals surface area contributed by atoms with Gasteiger partial charge >= 0.3 is 5.97 Å². The van der Waals surface area contributed by atoms with E-state index in [1.807, 2.05) is 0 Å². The third-order valence-corrected chi connectivity index (χ3v) is 1.72. The van der Waals surface area contributed by atoms with Crippen molar-refractivity contribution < 1.29 is 19.6 Å². The fourth-order valence-corrected chi connectivity index (χ4v) is 0.985. The predicted molar refractivity (Wildman–Crippen MR) is 54.8 cm³/mol. The number of benzene rings is 1. The van der Waals surface area contributed by atoms with Crippen LogP contribution in [0.2, 0.25) is 0 Å². The standard InChI is InChI=1S/C10H7NO5/c12-9(10(13)14)5-4-7-2-1-3-8(6-7)11(15)16/h1-6H,(H,13,14)/b5-4+. The van der Waals surface area contributed by atoms with Crippen molar-refractivity contribution in [1.29, 1.82) is 0 Å². The Labute approximate surface area is 90.0 Å². The fraction of sp³-hybridized carbons (Fsp3) is 0. The zero-order chi connectivity index (χ0) is 12.1. The van der Waals surface area contributed by atoms with Gasteiger partial charge in [0, 0.05) is 12.1 Å². The van der Waals surface area contributed by atoms with E-state index in [2.05, 4.69) is 0 Å². The van der Waals surface area contributed by atoms with Gasteiger partial charge in [-0.15, -0.1) is 0 Å². The highest BCUT2D eigenvalue weighted by Gasteiger charge is 2.07. The number of carboxylic acid groups (broad SMARTS) is 1. The molecule has 0 spiro atoms. The number of carbonyl (C=O) groups is 2. The number of ketones is 1. The molecular weight excluding hydrogens is 214 g/mol. The lowest BCUT2D eigenvalue weighted by Gasteiger charge is -1.93. The summed E-state index contributed by atoms with van der Waals surface area (Å²) in [5.74, 6) is -2.65. The Morgan fingerprint density at radius 2 is 2.06 bits per heavy atom. The van der Waals surface area contributed by atoms with Gasteiger partial charge in [0.2, 0.25) is 0 Å². The van der Waals surface area contributed by atoms with Crippen LogP contribution < -0.4 is 0 Å². The van der Waals surface area contributed by atoms with Crippen molar-refractivity contribution in [3.8, 4) is 0 Å². The van der Waals surface area contributed by atoms with Crippen LogP contribution in [0.1, 0.15) is 5.56 Å². The molecule has 0 aliphatic rings. The molecule has 0 fully saturated rings. The molecule has 1 rings (SSSR count). The lowest BCUT2D eigenvalue weighted by Crippen LogP contribution is -2.08. The van der Waals surface area contributed by atoms with E-state index in [1.54, 1.807) is 0 Å². The first-order chi connectivity index (χ1) is 7.50. The molecule has 1 aromatic carbocycles. The monoisotopic (exact) mass is 221 g/mol. The van der Waals surface area contributed by atoms with Crippen LogP contribution in [0.4, 0.5) is 5.69 Å². The number of rotatable bonds is 4. The summed E-state index contributed by atoms with van der Waals surface area (Å²) < 4.78 is 0. The van der Waals surface area contributed by atoms with Gasteiger partial charge in [-0.25, -0.2) is 4.79 Å². The molecule has 0 atom stereocenters. The molecule has 6 heteroatoms.